The van der Waals surface area contributed by atoms with Crippen LogP contribution in [0.25, 0.3) is 16.7 Å². The Morgan fingerprint density at radius 2 is 1.68 bits per heavy atom. The Labute approximate surface area is 153 Å². The summed E-state index contributed by atoms with van der Waals surface area (Å²) in [6.07, 6.45) is -10.1. The maximum absolute atomic E-state index is 14.4. The van der Waals surface area contributed by atoms with Gasteiger partial charge in [0.15, 0.2) is 5.82 Å². The molecule has 0 aliphatic rings. The Kier molecular flexibility index (Phi) is 4.33. The number of imidazole rings is 1. The van der Waals surface area contributed by atoms with Crippen LogP contribution in [0.15, 0.2) is 15.7 Å². The summed E-state index contributed by atoms with van der Waals surface area (Å²) in [6, 6.07) is 0.485. The molecule has 3 rings (SSSR count). The van der Waals surface area contributed by atoms with Crippen LogP contribution in [0.5, 0.6) is 0 Å². The minimum Gasteiger partial charge on any atom is -0.332 e. The Bertz CT molecular complexity index is 1220. The van der Waals surface area contributed by atoms with Gasteiger partial charge in [-0.3, -0.25) is 4.79 Å². The highest BCUT2D eigenvalue weighted by Gasteiger charge is 2.38. The topological polar surface area (TPSA) is 83.5 Å². The summed E-state index contributed by atoms with van der Waals surface area (Å²) in [5.41, 5.74) is -8.42. The van der Waals surface area contributed by atoms with E-state index in [4.69, 9.17) is 11.6 Å². The molecule has 0 atom stereocenters. The number of benzene rings is 1. The number of hydrogen-bond acceptors (Lipinski definition) is 3. The normalized spacial score (nSPS) is 12.8. The van der Waals surface area contributed by atoms with Gasteiger partial charge in [0, 0.05) is 5.56 Å². The lowest BCUT2D eigenvalue weighted by Gasteiger charge is -2.13. The molecular formula is C14H6ClF7N4O2. The van der Waals surface area contributed by atoms with Crippen molar-refractivity contribution in [3.8, 4) is 5.69 Å². The fourth-order valence-corrected chi connectivity index (χ4v) is 2.78. The zero-order valence-corrected chi connectivity index (χ0v) is 14.1. The van der Waals surface area contributed by atoms with Gasteiger partial charge >= 0.3 is 18.0 Å². The van der Waals surface area contributed by atoms with E-state index in [1.807, 2.05) is 0 Å². The smallest absolute Gasteiger partial charge is 0.332 e. The van der Waals surface area contributed by atoms with Crippen molar-refractivity contribution in [2.45, 2.75) is 19.3 Å². The molecule has 1 aromatic carbocycles. The first-order chi connectivity index (χ1) is 12.7. The highest BCUT2D eigenvalue weighted by Crippen LogP contribution is 2.34. The molecule has 0 aliphatic carbocycles. The monoisotopic (exact) mass is 430 g/mol. The number of aromatic amines is 2. The van der Waals surface area contributed by atoms with Gasteiger partial charge < -0.3 is 9.97 Å². The van der Waals surface area contributed by atoms with E-state index in [0.717, 1.165) is 6.92 Å². The predicted octanol–water partition coefficient (Wildman–Crippen LogP) is 3.54. The van der Waals surface area contributed by atoms with Gasteiger partial charge in [-0.1, -0.05) is 11.6 Å². The highest BCUT2D eigenvalue weighted by molar-refractivity contribution is 6.35. The summed E-state index contributed by atoms with van der Waals surface area (Å²) in [4.78, 5) is 30.7. The lowest BCUT2D eigenvalue weighted by molar-refractivity contribution is -0.144. The third-order valence-electron chi connectivity index (χ3n) is 3.76. The number of fused-ring (bicyclic) bond motifs is 1. The molecule has 3 aromatic rings. The molecule has 0 radical (unpaired) electrons. The summed E-state index contributed by atoms with van der Waals surface area (Å²) in [5.74, 6) is -3.04. The van der Waals surface area contributed by atoms with Crippen molar-refractivity contribution in [1.29, 1.82) is 0 Å². The van der Waals surface area contributed by atoms with Crippen LogP contribution >= 0.6 is 11.6 Å². The molecule has 0 saturated carbocycles. The standard InChI is InChI=1S/C14H6ClF7N4O2/c1-3-9(13(17,18)19)25-12(28)26(10(3)27)8-5(16)2-4(15)6-7(8)24-11(23-6)14(20,21)22/h2H,1H3,(H,23,24)(H,25,28). The molecule has 150 valence electrons. The second-order valence-corrected chi connectivity index (χ2v) is 5.97. The molecule has 14 heteroatoms. The van der Waals surface area contributed by atoms with Crippen LogP contribution in [-0.4, -0.2) is 19.5 Å². The summed E-state index contributed by atoms with van der Waals surface area (Å²) in [6.45, 7) is 0.719. The van der Waals surface area contributed by atoms with Gasteiger partial charge in [-0.2, -0.15) is 26.3 Å². The SMILES string of the molecule is Cc1c(C(F)(F)F)[nH]c(=O)n(-c2c(F)cc(Cl)c3nc(C(F)(F)F)[nH]c23)c1=O. The fourth-order valence-electron chi connectivity index (χ4n) is 2.55. The molecule has 28 heavy (non-hydrogen) atoms. The molecule has 2 N–H and O–H groups in total. The van der Waals surface area contributed by atoms with Crippen LogP contribution in [0.2, 0.25) is 5.02 Å². The first-order valence-electron chi connectivity index (χ1n) is 7.12. The van der Waals surface area contributed by atoms with Gasteiger partial charge in [0.25, 0.3) is 5.56 Å². The number of hydrogen-bond donors (Lipinski definition) is 2. The Morgan fingerprint density at radius 3 is 2.21 bits per heavy atom. The third-order valence-corrected chi connectivity index (χ3v) is 4.04. The lowest BCUT2D eigenvalue weighted by Crippen LogP contribution is -2.39. The van der Waals surface area contributed by atoms with Crippen molar-refractivity contribution < 1.29 is 30.7 Å². The quantitative estimate of drug-likeness (QED) is 0.579. The maximum Gasteiger partial charge on any atom is 0.449 e. The molecule has 0 spiro atoms. The molecule has 0 aliphatic heterocycles. The summed E-state index contributed by atoms with van der Waals surface area (Å²) in [7, 11) is 0. The van der Waals surface area contributed by atoms with E-state index in [1.54, 1.807) is 4.98 Å². The average Bonchev–Trinajstić information content (AvgIpc) is 2.98. The van der Waals surface area contributed by atoms with Crippen molar-refractivity contribution in [2.75, 3.05) is 0 Å². The number of halogens is 8. The summed E-state index contributed by atoms with van der Waals surface area (Å²) in [5, 5.41) is -0.573. The zero-order valence-electron chi connectivity index (χ0n) is 13.3. The number of aromatic nitrogens is 4. The van der Waals surface area contributed by atoms with Gasteiger partial charge in [-0.25, -0.2) is 18.7 Å². The molecule has 0 saturated heterocycles. The number of H-pyrrole nitrogens is 2. The van der Waals surface area contributed by atoms with E-state index in [1.165, 1.54) is 4.98 Å². The van der Waals surface area contributed by atoms with Gasteiger partial charge in [-0.15, -0.1) is 0 Å². The van der Waals surface area contributed by atoms with Gasteiger partial charge in [0.1, 0.15) is 16.9 Å². The fraction of sp³-hybridized carbons (Fsp3) is 0.214. The summed E-state index contributed by atoms with van der Waals surface area (Å²) < 4.78 is 91.8. The van der Waals surface area contributed by atoms with E-state index >= 15 is 0 Å². The average molecular weight is 431 g/mol. The number of nitrogens with zero attached hydrogens (tertiary/aromatic N) is 2. The first-order valence-corrected chi connectivity index (χ1v) is 7.49. The number of alkyl halides is 6. The Hall–Kier alpha value is -2.83. The predicted molar refractivity (Wildman–Crippen MR) is 82.0 cm³/mol. The lowest BCUT2D eigenvalue weighted by atomic mass is 10.2. The maximum atomic E-state index is 14.4. The minimum atomic E-state index is -5.09. The van der Waals surface area contributed by atoms with E-state index in [0.29, 0.717) is 6.07 Å². The van der Waals surface area contributed by atoms with Gasteiger partial charge in [0.2, 0.25) is 5.82 Å². The molecule has 0 amide bonds. The summed E-state index contributed by atoms with van der Waals surface area (Å²) >= 11 is 5.67. The molecule has 0 unspecified atom stereocenters. The van der Waals surface area contributed by atoms with E-state index in [9.17, 15) is 40.3 Å². The molecule has 0 bridgehead atoms. The second-order valence-electron chi connectivity index (χ2n) is 5.56. The van der Waals surface area contributed by atoms with Gasteiger partial charge in [0.05, 0.1) is 10.5 Å². The molecule has 2 aromatic heterocycles. The molecule has 2 heterocycles. The van der Waals surface area contributed by atoms with Crippen molar-refractivity contribution in [3.05, 3.63) is 54.8 Å². The van der Waals surface area contributed by atoms with Crippen LogP contribution in [-0.2, 0) is 12.4 Å². The second kappa shape index (κ2) is 6.09. The third kappa shape index (κ3) is 3.04. The Balaban J connectivity index is 2.46. The highest BCUT2D eigenvalue weighted by atomic mass is 35.5. The van der Waals surface area contributed by atoms with Crippen LogP contribution < -0.4 is 11.2 Å². The van der Waals surface area contributed by atoms with Gasteiger partial charge in [-0.05, 0) is 13.0 Å². The van der Waals surface area contributed by atoms with E-state index in [-0.39, 0.29) is 4.57 Å². The van der Waals surface area contributed by atoms with Crippen LogP contribution in [0, 0.1) is 12.7 Å². The molecular weight excluding hydrogens is 425 g/mol. The molecule has 0 fully saturated rings. The van der Waals surface area contributed by atoms with E-state index < -0.39 is 68.2 Å². The van der Waals surface area contributed by atoms with Crippen LogP contribution in [0.4, 0.5) is 30.7 Å². The van der Waals surface area contributed by atoms with Crippen molar-refractivity contribution in [1.82, 2.24) is 19.5 Å². The first kappa shape index (κ1) is 19.9. The van der Waals surface area contributed by atoms with E-state index in [2.05, 4.69) is 4.98 Å². The Morgan fingerprint density at radius 1 is 1.07 bits per heavy atom. The van der Waals surface area contributed by atoms with Crippen LogP contribution in [0.3, 0.4) is 0 Å². The number of rotatable bonds is 1. The van der Waals surface area contributed by atoms with Crippen molar-refractivity contribution in [2.24, 2.45) is 0 Å². The molecule has 6 nitrogen and oxygen atoms in total. The van der Waals surface area contributed by atoms with Crippen LogP contribution in [0.1, 0.15) is 17.1 Å². The van der Waals surface area contributed by atoms with Crippen molar-refractivity contribution in [3.63, 3.8) is 0 Å². The largest absolute Gasteiger partial charge is 0.449 e. The van der Waals surface area contributed by atoms with Crippen molar-refractivity contribution >= 4 is 22.6 Å². The number of nitrogens with one attached hydrogen (secondary N) is 2. The minimum absolute atomic E-state index is 0.0586. The zero-order chi connectivity index (χ0) is 21.2.